The van der Waals surface area contributed by atoms with E-state index in [0.29, 0.717) is 0 Å². The van der Waals surface area contributed by atoms with Crippen molar-refractivity contribution in [1.29, 1.82) is 0 Å². The molecule has 1 aromatic carbocycles. The average Bonchev–Trinajstić information content (AvgIpc) is 2.80. The smallest absolute Gasteiger partial charge is 0.0420 e. The van der Waals surface area contributed by atoms with E-state index in [1.54, 1.807) is 0 Å². The largest absolute Gasteiger partial charge is 0.399 e. The molecule has 0 saturated carbocycles. The number of nitrogens with two attached hydrogens (primary N) is 1. The second-order valence-electron chi connectivity index (χ2n) is 5.77. The molecule has 1 fully saturated rings. The SMILES string of the molecule is CN1CCN(CCN2CCc3ccc(N)cc32)CC1. The normalized spacial score (nSPS) is 20.8. The lowest BCUT2D eigenvalue weighted by Gasteiger charge is -2.33. The molecule has 0 bridgehead atoms. The van der Waals surface area contributed by atoms with Crippen LogP contribution in [0.25, 0.3) is 0 Å². The molecule has 1 aromatic rings. The minimum atomic E-state index is 0.880. The standard InChI is InChI=1S/C15H24N4/c1-17-6-8-18(9-7-17)10-11-19-5-4-13-2-3-14(16)12-15(13)19/h2-3,12H,4-11,16H2,1H3. The Hall–Kier alpha value is -1.26. The van der Waals surface area contributed by atoms with Crippen molar-refractivity contribution >= 4 is 11.4 Å². The van der Waals surface area contributed by atoms with Crippen LogP contribution in [-0.4, -0.2) is 62.7 Å². The summed E-state index contributed by atoms with van der Waals surface area (Å²) in [5.41, 5.74) is 9.59. The lowest BCUT2D eigenvalue weighted by molar-refractivity contribution is 0.157. The first-order valence-electron chi connectivity index (χ1n) is 7.26. The van der Waals surface area contributed by atoms with Crippen LogP contribution >= 0.6 is 0 Å². The number of piperazine rings is 1. The van der Waals surface area contributed by atoms with Crippen molar-refractivity contribution in [2.75, 3.05) is 63.5 Å². The van der Waals surface area contributed by atoms with Gasteiger partial charge >= 0.3 is 0 Å². The minimum absolute atomic E-state index is 0.880. The maximum absolute atomic E-state index is 5.90. The van der Waals surface area contributed by atoms with Gasteiger partial charge in [-0.15, -0.1) is 0 Å². The van der Waals surface area contributed by atoms with Crippen LogP contribution in [0.1, 0.15) is 5.56 Å². The molecule has 1 saturated heterocycles. The van der Waals surface area contributed by atoms with Crippen LogP contribution in [0.5, 0.6) is 0 Å². The number of hydrogen-bond donors (Lipinski definition) is 1. The monoisotopic (exact) mass is 260 g/mol. The van der Waals surface area contributed by atoms with E-state index in [1.165, 1.54) is 50.4 Å². The van der Waals surface area contributed by atoms with E-state index in [4.69, 9.17) is 5.73 Å². The van der Waals surface area contributed by atoms with Crippen LogP contribution in [0.4, 0.5) is 11.4 Å². The van der Waals surface area contributed by atoms with Crippen molar-refractivity contribution in [3.05, 3.63) is 23.8 Å². The first-order valence-corrected chi connectivity index (χ1v) is 7.26. The summed E-state index contributed by atoms with van der Waals surface area (Å²) in [6, 6.07) is 6.33. The number of hydrogen-bond acceptors (Lipinski definition) is 4. The highest BCUT2D eigenvalue weighted by Crippen LogP contribution is 2.29. The Morgan fingerprint density at radius 2 is 1.84 bits per heavy atom. The Morgan fingerprint density at radius 3 is 2.63 bits per heavy atom. The zero-order valence-corrected chi connectivity index (χ0v) is 11.8. The van der Waals surface area contributed by atoms with E-state index >= 15 is 0 Å². The second kappa shape index (κ2) is 5.39. The van der Waals surface area contributed by atoms with Gasteiger partial charge in [0.25, 0.3) is 0 Å². The molecule has 2 aliphatic rings. The van der Waals surface area contributed by atoms with E-state index in [0.717, 1.165) is 18.8 Å². The van der Waals surface area contributed by atoms with Crippen LogP contribution in [-0.2, 0) is 6.42 Å². The van der Waals surface area contributed by atoms with E-state index in [1.807, 2.05) is 6.07 Å². The minimum Gasteiger partial charge on any atom is -0.399 e. The zero-order chi connectivity index (χ0) is 13.2. The van der Waals surface area contributed by atoms with Gasteiger partial charge in [-0.2, -0.15) is 0 Å². The number of nitrogen functional groups attached to an aromatic ring is 1. The third kappa shape index (κ3) is 2.85. The fourth-order valence-electron chi connectivity index (χ4n) is 3.03. The Morgan fingerprint density at radius 1 is 1.05 bits per heavy atom. The summed E-state index contributed by atoms with van der Waals surface area (Å²) in [6.45, 7) is 8.24. The number of fused-ring (bicyclic) bond motifs is 1. The van der Waals surface area contributed by atoms with Crippen molar-refractivity contribution < 1.29 is 0 Å². The van der Waals surface area contributed by atoms with Gasteiger partial charge in [0.05, 0.1) is 0 Å². The molecule has 4 nitrogen and oxygen atoms in total. The highest BCUT2D eigenvalue weighted by molar-refractivity contribution is 5.64. The summed E-state index contributed by atoms with van der Waals surface area (Å²) >= 11 is 0. The predicted octanol–water partition coefficient (Wildman–Crippen LogP) is 0.879. The highest BCUT2D eigenvalue weighted by atomic mass is 15.3. The lowest BCUT2D eigenvalue weighted by atomic mass is 10.1. The van der Waals surface area contributed by atoms with Gasteiger partial charge in [-0.25, -0.2) is 0 Å². The van der Waals surface area contributed by atoms with Crippen LogP contribution in [0.3, 0.4) is 0 Å². The topological polar surface area (TPSA) is 35.7 Å². The summed E-state index contributed by atoms with van der Waals surface area (Å²) in [4.78, 5) is 7.47. The van der Waals surface area contributed by atoms with Crippen molar-refractivity contribution in [2.24, 2.45) is 0 Å². The third-order valence-corrected chi connectivity index (χ3v) is 4.38. The summed E-state index contributed by atoms with van der Waals surface area (Å²) in [5, 5.41) is 0. The maximum atomic E-state index is 5.90. The molecule has 0 radical (unpaired) electrons. The molecule has 2 N–H and O–H groups in total. The molecule has 0 amide bonds. The molecule has 0 spiro atoms. The summed E-state index contributed by atoms with van der Waals surface area (Å²) in [6.07, 6.45) is 1.17. The Balaban J connectivity index is 1.56. The molecule has 0 aromatic heterocycles. The number of benzene rings is 1. The molecule has 19 heavy (non-hydrogen) atoms. The number of rotatable bonds is 3. The molecule has 0 unspecified atom stereocenters. The lowest BCUT2D eigenvalue weighted by Crippen LogP contribution is -2.46. The second-order valence-corrected chi connectivity index (χ2v) is 5.77. The summed E-state index contributed by atoms with van der Waals surface area (Å²) in [5.74, 6) is 0. The van der Waals surface area contributed by atoms with Gasteiger partial charge in [0.2, 0.25) is 0 Å². The first kappa shape index (κ1) is 12.8. The van der Waals surface area contributed by atoms with Crippen molar-refractivity contribution in [2.45, 2.75) is 6.42 Å². The molecule has 0 aliphatic carbocycles. The Labute approximate surface area is 115 Å². The van der Waals surface area contributed by atoms with Crippen molar-refractivity contribution in [1.82, 2.24) is 9.80 Å². The van der Waals surface area contributed by atoms with E-state index in [2.05, 4.69) is 33.9 Å². The van der Waals surface area contributed by atoms with Gasteiger partial charge in [-0.05, 0) is 31.2 Å². The van der Waals surface area contributed by atoms with E-state index < -0.39 is 0 Å². The van der Waals surface area contributed by atoms with Gasteiger partial charge in [-0.1, -0.05) is 6.07 Å². The molecule has 2 aliphatic heterocycles. The molecule has 3 rings (SSSR count). The first-order chi connectivity index (χ1) is 9.22. The van der Waals surface area contributed by atoms with Gasteiger partial charge < -0.3 is 15.5 Å². The van der Waals surface area contributed by atoms with Crippen LogP contribution in [0, 0.1) is 0 Å². The zero-order valence-electron chi connectivity index (χ0n) is 11.8. The average molecular weight is 260 g/mol. The number of likely N-dealkylation sites (N-methyl/N-ethyl adjacent to an activating group) is 1. The van der Waals surface area contributed by atoms with Gasteiger partial charge in [0.15, 0.2) is 0 Å². The van der Waals surface area contributed by atoms with Crippen LogP contribution in [0.2, 0.25) is 0 Å². The van der Waals surface area contributed by atoms with Gasteiger partial charge in [0, 0.05) is 57.2 Å². The van der Waals surface area contributed by atoms with Crippen LogP contribution in [0.15, 0.2) is 18.2 Å². The summed E-state index contributed by atoms with van der Waals surface area (Å²) in [7, 11) is 2.21. The third-order valence-electron chi connectivity index (χ3n) is 4.38. The maximum Gasteiger partial charge on any atom is 0.0420 e. The molecular weight excluding hydrogens is 236 g/mol. The Kier molecular flexibility index (Phi) is 3.62. The van der Waals surface area contributed by atoms with Gasteiger partial charge in [0.1, 0.15) is 0 Å². The molecule has 2 heterocycles. The molecule has 0 atom stereocenters. The van der Waals surface area contributed by atoms with Gasteiger partial charge in [-0.3, -0.25) is 4.90 Å². The fourth-order valence-corrected chi connectivity index (χ4v) is 3.03. The summed E-state index contributed by atoms with van der Waals surface area (Å²) < 4.78 is 0. The Bertz CT molecular complexity index is 438. The molecule has 104 valence electrons. The molecule has 4 heteroatoms. The van der Waals surface area contributed by atoms with E-state index in [-0.39, 0.29) is 0 Å². The fraction of sp³-hybridized carbons (Fsp3) is 0.600. The van der Waals surface area contributed by atoms with Crippen molar-refractivity contribution in [3.8, 4) is 0 Å². The van der Waals surface area contributed by atoms with Crippen LogP contribution < -0.4 is 10.6 Å². The number of anilines is 2. The number of nitrogens with zero attached hydrogens (tertiary/aromatic N) is 3. The molecular formula is C15H24N4. The van der Waals surface area contributed by atoms with E-state index in [9.17, 15) is 0 Å². The predicted molar refractivity (Wildman–Crippen MR) is 80.7 cm³/mol. The highest BCUT2D eigenvalue weighted by Gasteiger charge is 2.20. The quantitative estimate of drug-likeness (QED) is 0.819. The van der Waals surface area contributed by atoms with Crippen molar-refractivity contribution in [3.63, 3.8) is 0 Å².